The van der Waals surface area contributed by atoms with Crippen LogP contribution in [0.25, 0.3) is 0 Å². The van der Waals surface area contributed by atoms with Crippen LogP contribution in [-0.4, -0.2) is 6.54 Å². The molecule has 0 aromatic heterocycles. The van der Waals surface area contributed by atoms with Crippen molar-refractivity contribution < 1.29 is 0 Å². The number of halogens is 1. The maximum atomic E-state index is 6.01. The summed E-state index contributed by atoms with van der Waals surface area (Å²) >= 11 is 7.76. The fourth-order valence-corrected chi connectivity index (χ4v) is 2.93. The number of nitrogens with one attached hydrogen (secondary N) is 1. The van der Waals surface area contributed by atoms with Gasteiger partial charge < -0.3 is 5.32 Å². The summed E-state index contributed by atoms with van der Waals surface area (Å²) in [5.74, 6) is 0. The van der Waals surface area contributed by atoms with Crippen LogP contribution in [0.5, 0.6) is 0 Å². The van der Waals surface area contributed by atoms with Crippen LogP contribution in [0.4, 0.5) is 0 Å². The Balaban J connectivity index is 2.17. The van der Waals surface area contributed by atoms with Crippen molar-refractivity contribution >= 4 is 23.4 Å². The minimum Gasteiger partial charge on any atom is -0.313 e. The summed E-state index contributed by atoms with van der Waals surface area (Å²) in [5, 5.41) is 4.14. The molecule has 0 spiro atoms. The normalized spacial score (nSPS) is 10.6. The van der Waals surface area contributed by atoms with Gasteiger partial charge in [-0.3, -0.25) is 0 Å². The van der Waals surface area contributed by atoms with Crippen molar-refractivity contribution in [2.45, 2.75) is 23.3 Å². The summed E-state index contributed by atoms with van der Waals surface area (Å²) in [6.07, 6.45) is 0. The summed E-state index contributed by atoms with van der Waals surface area (Å²) < 4.78 is 0. The molecule has 0 bridgehead atoms. The highest BCUT2D eigenvalue weighted by Crippen LogP contribution is 2.31. The molecule has 1 nitrogen and oxygen atoms in total. The Morgan fingerprint density at radius 2 is 1.94 bits per heavy atom. The zero-order valence-electron chi connectivity index (χ0n) is 10.3. The van der Waals surface area contributed by atoms with E-state index in [0.29, 0.717) is 0 Å². The lowest BCUT2D eigenvalue weighted by molar-refractivity contribution is 0.718. The topological polar surface area (TPSA) is 12.0 Å². The molecule has 0 aliphatic heterocycles. The van der Waals surface area contributed by atoms with Gasteiger partial charge in [-0.05, 0) is 36.4 Å². The lowest BCUT2D eigenvalue weighted by atomic mass is 10.2. The Bertz CT molecular complexity index is 513. The van der Waals surface area contributed by atoms with Crippen molar-refractivity contribution in [1.82, 2.24) is 5.32 Å². The molecule has 2 rings (SSSR count). The van der Waals surface area contributed by atoms with Crippen LogP contribution in [0.1, 0.15) is 12.5 Å². The number of benzene rings is 2. The van der Waals surface area contributed by atoms with E-state index in [1.807, 2.05) is 18.2 Å². The van der Waals surface area contributed by atoms with Crippen LogP contribution in [0.3, 0.4) is 0 Å². The quantitative estimate of drug-likeness (QED) is 0.857. The van der Waals surface area contributed by atoms with E-state index in [9.17, 15) is 0 Å². The summed E-state index contributed by atoms with van der Waals surface area (Å²) in [7, 11) is 0. The zero-order valence-corrected chi connectivity index (χ0v) is 11.9. The fourth-order valence-electron chi connectivity index (χ4n) is 1.67. The van der Waals surface area contributed by atoms with Gasteiger partial charge in [-0.25, -0.2) is 0 Å². The van der Waals surface area contributed by atoms with Crippen LogP contribution in [-0.2, 0) is 6.54 Å². The van der Waals surface area contributed by atoms with Gasteiger partial charge in [0.1, 0.15) is 0 Å². The first-order valence-electron chi connectivity index (χ1n) is 6.01. The lowest BCUT2D eigenvalue weighted by Gasteiger charge is -2.09. The Morgan fingerprint density at radius 1 is 1.11 bits per heavy atom. The molecule has 0 atom stereocenters. The molecular formula is C15H16ClNS. The molecule has 0 radical (unpaired) electrons. The maximum absolute atomic E-state index is 6.01. The highest BCUT2D eigenvalue weighted by molar-refractivity contribution is 7.99. The molecule has 0 fully saturated rings. The summed E-state index contributed by atoms with van der Waals surface area (Å²) in [5.41, 5.74) is 1.32. The van der Waals surface area contributed by atoms with Gasteiger partial charge in [0.05, 0.1) is 0 Å². The van der Waals surface area contributed by atoms with Crippen molar-refractivity contribution in [2.75, 3.05) is 6.54 Å². The van der Waals surface area contributed by atoms with Crippen molar-refractivity contribution in [1.29, 1.82) is 0 Å². The molecule has 18 heavy (non-hydrogen) atoms. The van der Waals surface area contributed by atoms with E-state index in [1.54, 1.807) is 11.8 Å². The van der Waals surface area contributed by atoms with E-state index in [1.165, 1.54) is 15.4 Å². The van der Waals surface area contributed by atoms with Crippen LogP contribution < -0.4 is 5.32 Å². The Labute approximate surface area is 118 Å². The van der Waals surface area contributed by atoms with Gasteiger partial charge in [-0.1, -0.05) is 54.6 Å². The highest BCUT2D eigenvalue weighted by Gasteiger charge is 2.03. The van der Waals surface area contributed by atoms with Gasteiger partial charge in [0.25, 0.3) is 0 Å². The van der Waals surface area contributed by atoms with E-state index in [0.717, 1.165) is 18.1 Å². The number of hydrogen-bond acceptors (Lipinski definition) is 2. The molecule has 0 unspecified atom stereocenters. The molecule has 0 saturated heterocycles. The Kier molecular flexibility index (Phi) is 5.12. The van der Waals surface area contributed by atoms with E-state index >= 15 is 0 Å². The van der Waals surface area contributed by atoms with Crippen molar-refractivity contribution in [3.05, 3.63) is 59.1 Å². The molecule has 0 heterocycles. The SMILES string of the molecule is CCNCc1ccccc1Sc1cccc(Cl)c1. The predicted octanol–water partition coefficient (Wildman–Crippen LogP) is 4.60. The summed E-state index contributed by atoms with van der Waals surface area (Å²) in [4.78, 5) is 2.45. The number of rotatable bonds is 5. The Hall–Kier alpha value is -0.960. The monoisotopic (exact) mass is 277 g/mol. The molecule has 2 aromatic rings. The van der Waals surface area contributed by atoms with Gasteiger partial charge in [0.2, 0.25) is 0 Å². The molecule has 0 saturated carbocycles. The third-order valence-electron chi connectivity index (χ3n) is 2.56. The van der Waals surface area contributed by atoms with Crippen molar-refractivity contribution in [3.8, 4) is 0 Å². The summed E-state index contributed by atoms with van der Waals surface area (Å²) in [6.45, 7) is 4.00. The molecule has 94 valence electrons. The molecule has 0 aliphatic carbocycles. The second-order valence-corrected chi connectivity index (χ2v) is 5.50. The first-order chi connectivity index (χ1) is 8.79. The fraction of sp³-hybridized carbons (Fsp3) is 0.200. The molecule has 1 N–H and O–H groups in total. The van der Waals surface area contributed by atoms with E-state index in [-0.39, 0.29) is 0 Å². The van der Waals surface area contributed by atoms with Gasteiger partial charge in [0, 0.05) is 21.4 Å². The standard InChI is InChI=1S/C15H16ClNS/c1-2-17-11-12-6-3-4-9-15(12)18-14-8-5-7-13(16)10-14/h3-10,17H,2,11H2,1H3. The van der Waals surface area contributed by atoms with Crippen molar-refractivity contribution in [3.63, 3.8) is 0 Å². The molecule has 3 heteroatoms. The van der Waals surface area contributed by atoms with Gasteiger partial charge in [0.15, 0.2) is 0 Å². The number of hydrogen-bond donors (Lipinski definition) is 1. The maximum Gasteiger partial charge on any atom is 0.0417 e. The second-order valence-electron chi connectivity index (χ2n) is 3.95. The first kappa shape index (κ1) is 13.5. The van der Waals surface area contributed by atoms with E-state index in [4.69, 9.17) is 11.6 Å². The largest absolute Gasteiger partial charge is 0.313 e. The Morgan fingerprint density at radius 3 is 2.72 bits per heavy atom. The molecule has 0 amide bonds. The van der Waals surface area contributed by atoms with Gasteiger partial charge in [-0.15, -0.1) is 0 Å². The third-order valence-corrected chi connectivity index (χ3v) is 3.90. The van der Waals surface area contributed by atoms with Crippen LogP contribution in [0, 0.1) is 0 Å². The molecule has 2 aromatic carbocycles. The second kappa shape index (κ2) is 6.83. The van der Waals surface area contributed by atoms with Crippen LogP contribution >= 0.6 is 23.4 Å². The minimum atomic E-state index is 0.782. The first-order valence-corrected chi connectivity index (χ1v) is 7.21. The minimum absolute atomic E-state index is 0.782. The molecular weight excluding hydrogens is 262 g/mol. The van der Waals surface area contributed by atoms with E-state index in [2.05, 4.69) is 42.6 Å². The molecule has 0 aliphatic rings. The average molecular weight is 278 g/mol. The van der Waals surface area contributed by atoms with Gasteiger partial charge >= 0.3 is 0 Å². The lowest BCUT2D eigenvalue weighted by Crippen LogP contribution is -2.12. The smallest absolute Gasteiger partial charge is 0.0417 e. The highest BCUT2D eigenvalue weighted by atomic mass is 35.5. The summed E-state index contributed by atoms with van der Waals surface area (Å²) in [6, 6.07) is 16.4. The van der Waals surface area contributed by atoms with Crippen LogP contribution in [0.2, 0.25) is 5.02 Å². The van der Waals surface area contributed by atoms with Crippen LogP contribution in [0.15, 0.2) is 58.3 Å². The van der Waals surface area contributed by atoms with E-state index < -0.39 is 0 Å². The predicted molar refractivity (Wildman–Crippen MR) is 79.4 cm³/mol. The third kappa shape index (κ3) is 3.77. The average Bonchev–Trinajstić information content (AvgIpc) is 2.38. The zero-order chi connectivity index (χ0) is 12.8. The van der Waals surface area contributed by atoms with Crippen molar-refractivity contribution in [2.24, 2.45) is 0 Å². The van der Waals surface area contributed by atoms with Gasteiger partial charge in [-0.2, -0.15) is 0 Å².